The maximum atomic E-state index is 6.00. The van der Waals surface area contributed by atoms with Crippen LogP contribution in [0.25, 0.3) is 0 Å². The van der Waals surface area contributed by atoms with E-state index in [9.17, 15) is 0 Å². The molecule has 1 aromatic heterocycles. The van der Waals surface area contributed by atoms with Gasteiger partial charge in [-0.05, 0) is 30.0 Å². The van der Waals surface area contributed by atoms with Gasteiger partial charge in [0.2, 0.25) is 5.88 Å². The van der Waals surface area contributed by atoms with Gasteiger partial charge < -0.3 is 4.74 Å². The lowest BCUT2D eigenvalue weighted by Crippen LogP contribution is -1.98. The second kappa shape index (κ2) is 6.42. The van der Waals surface area contributed by atoms with E-state index in [-0.39, 0.29) is 5.88 Å². The monoisotopic (exact) mass is 310 g/mol. The van der Waals surface area contributed by atoms with E-state index < -0.39 is 0 Å². The van der Waals surface area contributed by atoms with Gasteiger partial charge in [0.05, 0.1) is 11.4 Å². The minimum absolute atomic E-state index is 0.206. The lowest BCUT2D eigenvalue weighted by atomic mass is 10.0. The van der Waals surface area contributed by atoms with Crippen LogP contribution in [-0.2, 0) is 5.88 Å². The average Bonchev–Trinajstić information content (AvgIpc) is 2.41. The van der Waals surface area contributed by atoms with Crippen molar-refractivity contribution in [3.8, 4) is 11.6 Å². The quantitative estimate of drug-likeness (QED) is 0.582. The van der Waals surface area contributed by atoms with E-state index in [1.807, 2.05) is 19.1 Å². The van der Waals surface area contributed by atoms with Crippen molar-refractivity contribution in [3.63, 3.8) is 0 Å². The number of aryl methyl sites for hydroxylation is 1. The van der Waals surface area contributed by atoms with E-state index in [0.29, 0.717) is 22.5 Å². The van der Waals surface area contributed by atoms with Crippen molar-refractivity contribution in [1.82, 2.24) is 9.97 Å². The van der Waals surface area contributed by atoms with E-state index in [2.05, 4.69) is 29.9 Å². The van der Waals surface area contributed by atoms with E-state index in [1.54, 1.807) is 0 Å². The fourth-order valence-electron chi connectivity index (χ4n) is 1.77. The van der Waals surface area contributed by atoms with Crippen LogP contribution >= 0.6 is 23.2 Å². The number of alkyl halides is 1. The lowest BCUT2D eigenvalue weighted by molar-refractivity contribution is 0.452. The van der Waals surface area contributed by atoms with Crippen LogP contribution in [0, 0.1) is 6.92 Å². The Labute approximate surface area is 128 Å². The molecule has 106 valence electrons. The number of rotatable bonds is 4. The summed E-state index contributed by atoms with van der Waals surface area (Å²) in [6.45, 7) is 6.27. The van der Waals surface area contributed by atoms with Crippen molar-refractivity contribution >= 4 is 23.2 Å². The van der Waals surface area contributed by atoms with E-state index in [4.69, 9.17) is 27.9 Å². The molecule has 0 aliphatic rings. The molecule has 0 N–H and O–H groups in total. The Morgan fingerprint density at radius 1 is 1.25 bits per heavy atom. The molecule has 5 heteroatoms. The van der Waals surface area contributed by atoms with Crippen LogP contribution in [0.3, 0.4) is 0 Å². The maximum absolute atomic E-state index is 6.00. The molecule has 0 saturated heterocycles. The van der Waals surface area contributed by atoms with Crippen LogP contribution in [0.5, 0.6) is 11.6 Å². The summed E-state index contributed by atoms with van der Waals surface area (Å²) in [5, 5.41) is 0.322. The number of hydrogen-bond donors (Lipinski definition) is 0. The van der Waals surface area contributed by atoms with Crippen LogP contribution in [0.15, 0.2) is 24.5 Å². The van der Waals surface area contributed by atoms with Crippen LogP contribution in [0.1, 0.15) is 36.5 Å². The van der Waals surface area contributed by atoms with E-state index in [0.717, 1.165) is 11.3 Å². The number of halogens is 2. The van der Waals surface area contributed by atoms with Crippen LogP contribution < -0.4 is 4.74 Å². The molecule has 2 aromatic rings. The molecule has 0 fully saturated rings. The smallest absolute Gasteiger partial charge is 0.228 e. The zero-order valence-electron chi connectivity index (χ0n) is 11.7. The summed E-state index contributed by atoms with van der Waals surface area (Å²) in [5.41, 5.74) is 2.84. The summed E-state index contributed by atoms with van der Waals surface area (Å²) in [7, 11) is 0. The summed E-state index contributed by atoms with van der Waals surface area (Å²) >= 11 is 11.9. The highest BCUT2D eigenvalue weighted by Gasteiger charge is 2.13. The molecule has 0 spiro atoms. The Balaban J connectivity index is 2.39. The van der Waals surface area contributed by atoms with Gasteiger partial charge in [0.15, 0.2) is 0 Å². The van der Waals surface area contributed by atoms with Gasteiger partial charge in [-0.25, -0.2) is 9.97 Å². The first-order chi connectivity index (χ1) is 9.52. The van der Waals surface area contributed by atoms with Gasteiger partial charge in [-0.3, -0.25) is 0 Å². The van der Waals surface area contributed by atoms with Gasteiger partial charge in [0, 0.05) is 0 Å². The molecule has 1 heterocycles. The summed E-state index contributed by atoms with van der Waals surface area (Å²) in [4.78, 5) is 8.03. The first kappa shape index (κ1) is 15.1. The lowest BCUT2D eigenvalue weighted by Gasteiger charge is -2.13. The molecule has 2 rings (SSSR count). The minimum Gasteiger partial charge on any atom is -0.438 e. The van der Waals surface area contributed by atoms with E-state index >= 15 is 0 Å². The van der Waals surface area contributed by atoms with Crippen molar-refractivity contribution in [1.29, 1.82) is 0 Å². The predicted molar refractivity (Wildman–Crippen MR) is 81.9 cm³/mol. The predicted octanol–water partition coefficient (Wildman–Crippen LogP) is 5.09. The average molecular weight is 311 g/mol. The van der Waals surface area contributed by atoms with Gasteiger partial charge in [-0.2, -0.15) is 0 Å². The summed E-state index contributed by atoms with van der Waals surface area (Å²) < 4.78 is 5.88. The summed E-state index contributed by atoms with van der Waals surface area (Å²) in [6, 6.07) is 6.16. The topological polar surface area (TPSA) is 35.0 Å². The van der Waals surface area contributed by atoms with Crippen molar-refractivity contribution < 1.29 is 4.74 Å². The van der Waals surface area contributed by atoms with Crippen LogP contribution in [0.4, 0.5) is 0 Å². The molecule has 0 radical (unpaired) electrons. The molecule has 0 atom stereocenters. The SMILES string of the molecule is Cc1ccc(C(C)C)cc1Oc1ncnc(Cl)c1CCl. The molecule has 0 bridgehead atoms. The molecule has 0 amide bonds. The first-order valence-corrected chi connectivity index (χ1v) is 7.28. The zero-order valence-corrected chi connectivity index (χ0v) is 13.2. The van der Waals surface area contributed by atoms with Crippen molar-refractivity contribution in [2.45, 2.75) is 32.6 Å². The normalized spacial score (nSPS) is 10.9. The van der Waals surface area contributed by atoms with Crippen LogP contribution in [-0.4, -0.2) is 9.97 Å². The largest absolute Gasteiger partial charge is 0.438 e. The maximum Gasteiger partial charge on any atom is 0.228 e. The fourth-order valence-corrected chi connectivity index (χ4v) is 2.27. The van der Waals surface area contributed by atoms with E-state index in [1.165, 1.54) is 11.9 Å². The molecule has 3 nitrogen and oxygen atoms in total. The Kier molecular flexibility index (Phi) is 4.84. The molecule has 0 unspecified atom stereocenters. The third-order valence-corrected chi connectivity index (χ3v) is 3.67. The Hall–Kier alpha value is -1.32. The number of hydrogen-bond acceptors (Lipinski definition) is 3. The number of aromatic nitrogens is 2. The molecule has 0 aliphatic heterocycles. The van der Waals surface area contributed by atoms with Crippen molar-refractivity contribution in [2.24, 2.45) is 0 Å². The number of ether oxygens (including phenoxy) is 1. The molecule has 20 heavy (non-hydrogen) atoms. The Bertz CT molecular complexity index is 615. The second-order valence-electron chi connectivity index (χ2n) is 4.86. The highest BCUT2D eigenvalue weighted by atomic mass is 35.5. The molecule has 1 aromatic carbocycles. The number of benzene rings is 1. The summed E-state index contributed by atoms with van der Waals surface area (Å²) in [5.74, 6) is 1.80. The third-order valence-electron chi connectivity index (χ3n) is 3.07. The Morgan fingerprint density at radius 3 is 2.65 bits per heavy atom. The van der Waals surface area contributed by atoms with Crippen molar-refractivity contribution in [3.05, 3.63) is 46.4 Å². The molecule has 0 aliphatic carbocycles. The standard InChI is InChI=1S/C15H16Cl2N2O/c1-9(2)11-5-4-10(3)13(6-11)20-15-12(7-16)14(17)18-8-19-15/h4-6,8-9H,7H2,1-3H3. The first-order valence-electron chi connectivity index (χ1n) is 6.36. The van der Waals surface area contributed by atoms with Gasteiger partial charge in [0.1, 0.15) is 17.2 Å². The van der Waals surface area contributed by atoms with Crippen molar-refractivity contribution in [2.75, 3.05) is 0 Å². The molecular formula is C15H16Cl2N2O. The molecule has 0 saturated carbocycles. The van der Waals surface area contributed by atoms with Crippen LogP contribution in [0.2, 0.25) is 5.15 Å². The Morgan fingerprint density at radius 2 is 2.00 bits per heavy atom. The second-order valence-corrected chi connectivity index (χ2v) is 5.49. The summed E-state index contributed by atoms with van der Waals surface area (Å²) in [6.07, 6.45) is 1.37. The number of nitrogens with zero attached hydrogens (tertiary/aromatic N) is 2. The third kappa shape index (κ3) is 3.22. The zero-order chi connectivity index (χ0) is 14.7. The van der Waals surface area contributed by atoms with Gasteiger partial charge in [-0.1, -0.05) is 37.6 Å². The highest BCUT2D eigenvalue weighted by molar-refractivity contribution is 6.31. The molecular weight excluding hydrogens is 295 g/mol. The highest BCUT2D eigenvalue weighted by Crippen LogP contribution is 2.31. The fraction of sp³-hybridized carbons (Fsp3) is 0.333. The van der Waals surface area contributed by atoms with Gasteiger partial charge in [-0.15, -0.1) is 11.6 Å². The van der Waals surface area contributed by atoms with Gasteiger partial charge in [0.25, 0.3) is 0 Å². The minimum atomic E-state index is 0.206. The van der Waals surface area contributed by atoms with Gasteiger partial charge >= 0.3 is 0 Å².